The van der Waals surface area contributed by atoms with Gasteiger partial charge in [-0.2, -0.15) is 12.6 Å². The van der Waals surface area contributed by atoms with Crippen LogP contribution < -0.4 is 5.32 Å². The summed E-state index contributed by atoms with van der Waals surface area (Å²) in [6.45, 7) is 1.04. The molecule has 0 radical (unpaired) electrons. The minimum atomic E-state index is -1.26. The minimum absolute atomic E-state index is 0.366. The second kappa shape index (κ2) is 6.75. The quantitative estimate of drug-likeness (QED) is 0.286. The standard InChI is InChI=1S/C9H19NO5S/c1-14-9-8(13)7(12)6(11)5(15-9)4-10-2-3-16/h5-13,16H,2-4H2,1H3. The Morgan fingerprint density at radius 3 is 2.50 bits per heavy atom. The Balaban J connectivity index is 2.50. The van der Waals surface area contributed by atoms with Gasteiger partial charge in [-0.05, 0) is 0 Å². The van der Waals surface area contributed by atoms with Gasteiger partial charge < -0.3 is 30.1 Å². The summed E-state index contributed by atoms with van der Waals surface area (Å²) in [6, 6.07) is 0. The van der Waals surface area contributed by atoms with Crippen molar-refractivity contribution in [3.8, 4) is 0 Å². The van der Waals surface area contributed by atoms with Crippen molar-refractivity contribution in [1.29, 1.82) is 0 Å². The molecule has 1 fully saturated rings. The molecule has 1 aliphatic heterocycles. The van der Waals surface area contributed by atoms with Crippen LogP contribution in [0.1, 0.15) is 0 Å². The molecule has 0 spiro atoms. The third kappa shape index (κ3) is 3.30. The summed E-state index contributed by atoms with van der Waals surface area (Å²) in [7, 11) is 1.37. The fourth-order valence-corrected chi connectivity index (χ4v) is 1.76. The fourth-order valence-electron chi connectivity index (χ4n) is 1.60. The summed E-state index contributed by atoms with van der Waals surface area (Å²) < 4.78 is 10.2. The Morgan fingerprint density at radius 2 is 1.94 bits per heavy atom. The molecule has 5 unspecified atom stereocenters. The number of rotatable bonds is 5. The predicted molar refractivity (Wildman–Crippen MR) is 60.4 cm³/mol. The van der Waals surface area contributed by atoms with E-state index in [9.17, 15) is 15.3 Å². The maximum Gasteiger partial charge on any atom is 0.186 e. The number of aliphatic hydroxyl groups excluding tert-OH is 3. The third-order valence-corrected chi connectivity index (χ3v) is 2.76. The van der Waals surface area contributed by atoms with Crippen molar-refractivity contribution in [2.75, 3.05) is 26.0 Å². The highest BCUT2D eigenvalue weighted by Gasteiger charge is 2.43. The van der Waals surface area contributed by atoms with Crippen molar-refractivity contribution in [3.63, 3.8) is 0 Å². The molecule has 1 rings (SSSR count). The number of hydrogen-bond acceptors (Lipinski definition) is 7. The van der Waals surface area contributed by atoms with Crippen LogP contribution in [0.5, 0.6) is 0 Å². The molecule has 96 valence electrons. The first kappa shape index (κ1) is 14.2. The van der Waals surface area contributed by atoms with Gasteiger partial charge in [0.2, 0.25) is 0 Å². The SMILES string of the molecule is COC1OC(CNCCS)C(O)C(O)C1O. The van der Waals surface area contributed by atoms with Gasteiger partial charge in [-0.3, -0.25) is 0 Å². The first-order chi connectivity index (χ1) is 7.61. The van der Waals surface area contributed by atoms with Crippen LogP contribution in [0.3, 0.4) is 0 Å². The van der Waals surface area contributed by atoms with Crippen molar-refractivity contribution in [1.82, 2.24) is 5.32 Å². The first-order valence-corrected chi connectivity index (χ1v) is 5.79. The number of ether oxygens (including phenoxy) is 2. The summed E-state index contributed by atoms with van der Waals surface area (Å²) in [4.78, 5) is 0. The van der Waals surface area contributed by atoms with Crippen LogP contribution in [0, 0.1) is 0 Å². The zero-order valence-corrected chi connectivity index (χ0v) is 10.0. The van der Waals surface area contributed by atoms with Crippen LogP contribution in [-0.2, 0) is 9.47 Å². The number of thiol groups is 1. The molecule has 0 amide bonds. The van der Waals surface area contributed by atoms with E-state index >= 15 is 0 Å². The van der Waals surface area contributed by atoms with E-state index in [1.165, 1.54) is 7.11 Å². The van der Waals surface area contributed by atoms with E-state index < -0.39 is 30.7 Å². The Kier molecular flexibility index (Phi) is 5.98. The van der Waals surface area contributed by atoms with E-state index in [1.807, 2.05) is 0 Å². The molecule has 16 heavy (non-hydrogen) atoms. The van der Waals surface area contributed by atoms with Crippen molar-refractivity contribution < 1.29 is 24.8 Å². The minimum Gasteiger partial charge on any atom is -0.388 e. The lowest BCUT2D eigenvalue weighted by Crippen LogP contribution is -2.60. The smallest absolute Gasteiger partial charge is 0.186 e. The summed E-state index contributed by atoms with van der Waals surface area (Å²) in [6.07, 6.45) is -5.15. The van der Waals surface area contributed by atoms with Gasteiger partial charge in [0.25, 0.3) is 0 Å². The molecule has 0 aromatic heterocycles. The highest BCUT2D eigenvalue weighted by Crippen LogP contribution is 2.21. The van der Waals surface area contributed by atoms with Crippen LogP contribution in [0.25, 0.3) is 0 Å². The van der Waals surface area contributed by atoms with E-state index in [0.717, 1.165) is 0 Å². The van der Waals surface area contributed by atoms with Gasteiger partial charge >= 0.3 is 0 Å². The molecule has 1 heterocycles. The van der Waals surface area contributed by atoms with Gasteiger partial charge in [-0.15, -0.1) is 0 Å². The number of aliphatic hydroxyl groups is 3. The van der Waals surface area contributed by atoms with Gasteiger partial charge in [0.05, 0.1) is 0 Å². The summed E-state index contributed by atoms with van der Waals surface area (Å²) >= 11 is 4.03. The first-order valence-electron chi connectivity index (χ1n) is 5.15. The zero-order valence-electron chi connectivity index (χ0n) is 9.11. The molecule has 1 aliphatic rings. The maximum absolute atomic E-state index is 9.67. The predicted octanol–water partition coefficient (Wildman–Crippen LogP) is -2.04. The monoisotopic (exact) mass is 253 g/mol. The second-order valence-corrected chi connectivity index (χ2v) is 4.13. The van der Waals surface area contributed by atoms with Crippen molar-refractivity contribution in [2.24, 2.45) is 0 Å². The summed E-state index contributed by atoms with van der Waals surface area (Å²) in [5, 5.41) is 31.8. The van der Waals surface area contributed by atoms with Gasteiger partial charge in [0.15, 0.2) is 6.29 Å². The summed E-state index contributed by atoms with van der Waals surface area (Å²) in [5.41, 5.74) is 0. The van der Waals surface area contributed by atoms with Crippen LogP contribution in [-0.4, -0.2) is 72.0 Å². The lowest BCUT2D eigenvalue weighted by atomic mass is 9.99. The maximum atomic E-state index is 9.67. The van der Waals surface area contributed by atoms with Gasteiger partial charge in [-0.1, -0.05) is 0 Å². The fraction of sp³-hybridized carbons (Fsp3) is 1.00. The lowest BCUT2D eigenvalue weighted by Gasteiger charge is -2.39. The van der Waals surface area contributed by atoms with E-state index in [0.29, 0.717) is 18.8 Å². The molecule has 0 bridgehead atoms. The highest BCUT2D eigenvalue weighted by atomic mass is 32.1. The van der Waals surface area contributed by atoms with Gasteiger partial charge in [0, 0.05) is 26.0 Å². The molecular weight excluding hydrogens is 234 g/mol. The van der Waals surface area contributed by atoms with E-state index in [2.05, 4.69) is 17.9 Å². The number of methoxy groups -OCH3 is 1. The molecule has 4 N–H and O–H groups in total. The second-order valence-electron chi connectivity index (χ2n) is 3.68. The largest absolute Gasteiger partial charge is 0.388 e. The topological polar surface area (TPSA) is 91.2 Å². The van der Waals surface area contributed by atoms with Crippen LogP contribution >= 0.6 is 12.6 Å². The van der Waals surface area contributed by atoms with Crippen molar-refractivity contribution in [2.45, 2.75) is 30.7 Å². The molecule has 0 saturated carbocycles. The Bertz CT molecular complexity index is 206. The highest BCUT2D eigenvalue weighted by molar-refractivity contribution is 7.80. The van der Waals surface area contributed by atoms with Crippen molar-refractivity contribution >= 4 is 12.6 Å². The summed E-state index contributed by atoms with van der Waals surface area (Å²) in [5.74, 6) is 0.668. The molecule has 0 aromatic carbocycles. The van der Waals surface area contributed by atoms with Gasteiger partial charge in [0.1, 0.15) is 24.4 Å². The van der Waals surface area contributed by atoms with Crippen LogP contribution in [0.2, 0.25) is 0 Å². The van der Waals surface area contributed by atoms with E-state index in [1.54, 1.807) is 0 Å². The molecular formula is C9H19NO5S. The third-order valence-electron chi connectivity index (χ3n) is 2.53. The Hall–Kier alpha value is 0.110. The van der Waals surface area contributed by atoms with Crippen LogP contribution in [0.4, 0.5) is 0 Å². The van der Waals surface area contributed by atoms with E-state index in [4.69, 9.17) is 9.47 Å². The number of hydrogen-bond donors (Lipinski definition) is 5. The zero-order chi connectivity index (χ0) is 12.1. The molecule has 0 aromatic rings. The molecule has 5 atom stereocenters. The van der Waals surface area contributed by atoms with E-state index in [-0.39, 0.29) is 0 Å². The Morgan fingerprint density at radius 1 is 1.25 bits per heavy atom. The molecule has 7 heteroatoms. The average Bonchev–Trinajstić information content (AvgIpc) is 2.29. The normalized spacial score (nSPS) is 39.9. The molecule has 0 aliphatic carbocycles. The Labute approximate surface area is 100.0 Å². The van der Waals surface area contributed by atoms with Crippen molar-refractivity contribution in [3.05, 3.63) is 0 Å². The molecule has 1 saturated heterocycles. The average molecular weight is 253 g/mol. The molecule has 6 nitrogen and oxygen atoms in total. The number of nitrogens with one attached hydrogen (secondary N) is 1. The lowest BCUT2D eigenvalue weighted by molar-refractivity contribution is -0.288. The van der Waals surface area contributed by atoms with Gasteiger partial charge in [-0.25, -0.2) is 0 Å². The van der Waals surface area contributed by atoms with Crippen LogP contribution in [0.15, 0.2) is 0 Å².